The van der Waals surface area contributed by atoms with Gasteiger partial charge in [-0.25, -0.2) is 13.8 Å². The van der Waals surface area contributed by atoms with Gasteiger partial charge >= 0.3 is 6.18 Å². The fraction of sp³-hybridized carbons (Fsp3) is 0.444. The summed E-state index contributed by atoms with van der Waals surface area (Å²) in [6, 6.07) is 0. The van der Waals surface area contributed by atoms with E-state index in [1.165, 1.54) is 0 Å². The number of nitrogens with zero attached hydrogens (tertiary/aromatic N) is 1. The van der Waals surface area contributed by atoms with Crippen LogP contribution < -0.4 is 4.74 Å². The summed E-state index contributed by atoms with van der Waals surface area (Å²) in [6.45, 7) is -0.959. The lowest BCUT2D eigenvalue weighted by Gasteiger charge is -2.17. The van der Waals surface area contributed by atoms with Crippen LogP contribution in [0.15, 0.2) is 6.20 Å². The van der Waals surface area contributed by atoms with Crippen molar-refractivity contribution in [1.82, 2.24) is 4.98 Å². The Labute approximate surface area is 92.8 Å². The molecule has 96 valence electrons. The number of rotatable bonds is 3. The minimum Gasteiger partial charge on any atom is -0.481 e. The Kier molecular flexibility index (Phi) is 3.87. The van der Waals surface area contributed by atoms with Crippen LogP contribution in [0.25, 0.3) is 0 Å². The quantitative estimate of drug-likeness (QED) is 0.846. The third-order valence-electron chi connectivity index (χ3n) is 2.03. The largest absolute Gasteiger partial charge is 0.481 e. The van der Waals surface area contributed by atoms with E-state index in [0.717, 1.165) is 13.3 Å². The SMILES string of the molecule is COc1ncc(CO)c(C(F)F)c1C(F)(F)F. The highest BCUT2D eigenvalue weighted by Gasteiger charge is 2.41. The number of halogens is 5. The van der Waals surface area contributed by atoms with Crippen molar-refractivity contribution in [2.45, 2.75) is 19.2 Å². The van der Waals surface area contributed by atoms with Crippen LogP contribution in [0.3, 0.4) is 0 Å². The topological polar surface area (TPSA) is 42.4 Å². The smallest absolute Gasteiger partial charge is 0.422 e. The average molecular weight is 257 g/mol. The molecule has 0 amide bonds. The lowest BCUT2D eigenvalue weighted by atomic mass is 10.0. The highest BCUT2D eigenvalue weighted by Crippen LogP contribution is 2.42. The van der Waals surface area contributed by atoms with Gasteiger partial charge < -0.3 is 9.84 Å². The highest BCUT2D eigenvalue weighted by atomic mass is 19.4. The second-order valence-corrected chi connectivity index (χ2v) is 3.04. The van der Waals surface area contributed by atoms with Crippen molar-refractivity contribution in [3.63, 3.8) is 0 Å². The van der Waals surface area contributed by atoms with Crippen LogP contribution in [0.1, 0.15) is 23.1 Å². The fourth-order valence-electron chi connectivity index (χ4n) is 1.35. The maximum atomic E-state index is 12.6. The number of ether oxygens (including phenoxy) is 1. The molecule has 1 aromatic heterocycles. The van der Waals surface area contributed by atoms with Crippen molar-refractivity contribution in [3.8, 4) is 5.88 Å². The first kappa shape index (κ1) is 13.6. The standard InChI is InChI=1S/C9H8F5NO2/c1-17-8-6(9(12,13)14)5(7(10)11)4(3-16)2-15-8/h2,7,16H,3H2,1H3. The van der Waals surface area contributed by atoms with Crippen molar-refractivity contribution in [1.29, 1.82) is 0 Å². The highest BCUT2D eigenvalue weighted by molar-refractivity contribution is 5.42. The van der Waals surface area contributed by atoms with E-state index in [1.54, 1.807) is 0 Å². The van der Waals surface area contributed by atoms with Crippen LogP contribution >= 0.6 is 0 Å². The lowest BCUT2D eigenvalue weighted by Crippen LogP contribution is -2.15. The van der Waals surface area contributed by atoms with E-state index in [1.807, 2.05) is 0 Å². The predicted octanol–water partition coefficient (Wildman–Crippen LogP) is 2.54. The second-order valence-electron chi connectivity index (χ2n) is 3.04. The van der Waals surface area contributed by atoms with Crippen molar-refractivity contribution in [2.24, 2.45) is 0 Å². The molecule has 0 saturated carbocycles. The predicted molar refractivity (Wildman–Crippen MR) is 46.7 cm³/mol. The molecule has 0 bridgehead atoms. The first-order chi connectivity index (χ1) is 7.82. The number of aliphatic hydroxyl groups is 1. The molecule has 1 heterocycles. The van der Waals surface area contributed by atoms with Gasteiger partial charge in [-0.15, -0.1) is 0 Å². The summed E-state index contributed by atoms with van der Waals surface area (Å²) in [5.41, 5.74) is -3.53. The van der Waals surface area contributed by atoms with Crippen LogP contribution in [0.5, 0.6) is 5.88 Å². The third kappa shape index (κ3) is 2.63. The van der Waals surface area contributed by atoms with Gasteiger partial charge in [-0.3, -0.25) is 0 Å². The van der Waals surface area contributed by atoms with E-state index in [-0.39, 0.29) is 0 Å². The number of hydrogen-bond donors (Lipinski definition) is 1. The average Bonchev–Trinajstić information content (AvgIpc) is 2.25. The fourth-order valence-corrected chi connectivity index (χ4v) is 1.35. The molecular formula is C9H8F5NO2. The second kappa shape index (κ2) is 4.82. The van der Waals surface area contributed by atoms with Gasteiger partial charge in [-0.2, -0.15) is 13.2 Å². The van der Waals surface area contributed by atoms with Crippen molar-refractivity contribution < 1.29 is 31.8 Å². The van der Waals surface area contributed by atoms with E-state index in [2.05, 4.69) is 9.72 Å². The molecule has 3 nitrogen and oxygen atoms in total. The summed E-state index contributed by atoms with van der Waals surface area (Å²) in [6.07, 6.45) is -7.68. The Hall–Kier alpha value is -1.44. The van der Waals surface area contributed by atoms with Gasteiger partial charge in [0.1, 0.15) is 5.56 Å². The van der Waals surface area contributed by atoms with Gasteiger partial charge in [0.2, 0.25) is 5.88 Å². The molecule has 0 unspecified atom stereocenters. The molecule has 1 N–H and O–H groups in total. The van der Waals surface area contributed by atoms with Crippen molar-refractivity contribution in [2.75, 3.05) is 7.11 Å². The minimum absolute atomic E-state index is 0.576. The van der Waals surface area contributed by atoms with Crippen LogP contribution in [0, 0.1) is 0 Å². The van der Waals surface area contributed by atoms with Crippen molar-refractivity contribution >= 4 is 0 Å². The zero-order valence-corrected chi connectivity index (χ0v) is 8.55. The van der Waals surface area contributed by atoms with Crippen LogP contribution in [-0.2, 0) is 12.8 Å². The Balaban J connectivity index is 3.59. The first-order valence-corrected chi connectivity index (χ1v) is 4.34. The molecule has 0 radical (unpaired) electrons. The molecule has 0 saturated heterocycles. The summed E-state index contributed by atoms with van der Waals surface area (Å²) in [7, 11) is 0.894. The number of methoxy groups -OCH3 is 1. The molecule has 0 aliphatic heterocycles. The van der Waals surface area contributed by atoms with Gasteiger partial charge in [-0.05, 0) is 0 Å². The molecule has 1 aromatic rings. The Bertz CT molecular complexity index is 405. The summed E-state index contributed by atoms with van der Waals surface area (Å²) in [4.78, 5) is 3.24. The van der Waals surface area contributed by atoms with E-state index in [9.17, 15) is 22.0 Å². The molecule has 0 aliphatic rings. The lowest BCUT2D eigenvalue weighted by molar-refractivity contribution is -0.141. The molecular weight excluding hydrogens is 249 g/mol. The van der Waals surface area contributed by atoms with Gasteiger partial charge in [-0.1, -0.05) is 0 Å². The van der Waals surface area contributed by atoms with Crippen molar-refractivity contribution in [3.05, 3.63) is 22.9 Å². The molecule has 1 rings (SSSR count). The third-order valence-corrected chi connectivity index (χ3v) is 2.03. The number of pyridine rings is 1. The normalized spacial score (nSPS) is 12.0. The molecule has 0 spiro atoms. The molecule has 0 fully saturated rings. The van der Waals surface area contributed by atoms with Gasteiger partial charge in [0.15, 0.2) is 0 Å². The van der Waals surface area contributed by atoms with Crippen LogP contribution in [0.2, 0.25) is 0 Å². The van der Waals surface area contributed by atoms with E-state index < -0.39 is 41.8 Å². The molecule has 0 aliphatic carbocycles. The molecule has 0 aromatic carbocycles. The number of aliphatic hydroxyl groups excluding tert-OH is 1. The molecule has 0 atom stereocenters. The van der Waals surface area contributed by atoms with Crippen LogP contribution in [-0.4, -0.2) is 17.2 Å². The maximum absolute atomic E-state index is 12.6. The first-order valence-electron chi connectivity index (χ1n) is 4.34. The zero-order chi connectivity index (χ0) is 13.2. The van der Waals surface area contributed by atoms with Gasteiger partial charge in [0.25, 0.3) is 6.43 Å². The number of aromatic nitrogens is 1. The summed E-state index contributed by atoms with van der Waals surface area (Å²) in [5, 5.41) is 8.74. The Morgan fingerprint density at radius 3 is 2.35 bits per heavy atom. The van der Waals surface area contributed by atoms with E-state index >= 15 is 0 Å². The maximum Gasteiger partial charge on any atom is 0.422 e. The van der Waals surface area contributed by atoms with E-state index in [4.69, 9.17) is 5.11 Å². The summed E-state index contributed by atoms with van der Waals surface area (Å²) in [5.74, 6) is -0.940. The summed E-state index contributed by atoms with van der Waals surface area (Å²) >= 11 is 0. The zero-order valence-electron chi connectivity index (χ0n) is 8.55. The van der Waals surface area contributed by atoms with E-state index in [0.29, 0.717) is 0 Å². The summed E-state index contributed by atoms with van der Waals surface area (Å²) < 4.78 is 67.5. The van der Waals surface area contributed by atoms with Gasteiger partial charge in [0, 0.05) is 17.3 Å². The van der Waals surface area contributed by atoms with Crippen LogP contribution in [0.4, 0.5) is 22.0 Å². The molecule has 8 heteroatoms. The Morgan fingerprint density at radius 1 is 1.41 bits per heavy atom. The molecule has 17 heavy (non-hydrogen) atoms. The number of alkyl halides is 5. The van der Waals surface area contributed by atoms with Gasteiger partial charge in [0.05, 0.1) is 13.7 Å². The minimum atomic E-state index is -5.03. The Morgan fingerprint density at radius 2 is 2.00 bits per heavy atom. The monoisotopic (exact) mass is 257 g/mol. The number of hydrogen-bond acceptors (Lipinski definition) is 3.